The fourth-order valence-corrected chi connectivity index (χ4v) is 4.05. The zero-order chi connectivity index (χ0) is 12.8. The smallest absolute Gasteiger partial charge is 0.216 e. The third-order valence-corrected chi connectivity index (χ3v) is 4.81. The van der Waals surface area contributed by atoms with E-state index in [2.05, 4.69) is 10.6 Å². The van der Waals surface area contributed by atoms with E-state index in [1.807, 2.05) is 11.8 Å². The Morgan fingerprint density at radius 1 is 1.39 bits per heavy atom. The Kier molecular flexibility index (Phi) is 5.33. The Hall–Kier alpha value is -0.260. The molecule has 0 aliphatic carbocycles. The van der Waals surface area contributed by atoms with Crippen LogP contribution < -0.4 is 10.6 Å². The van der Waals surface area contributed by atoms with Crippen LogP contribution in [0.5, 0.6) is 0 Å². The number of nitrogens with one attached hydrogen (secondary N) is 2. The lowest BCUT2D eigenvalue weighted by atomic mass is 9.85. The van der Waals surface area contributed by atoms with Crippen molar-refractivity contribution >= 4 is 17.7 Å². The summed E-state index contributed by atoms with van der Waals surface area (Å²) in [5.41, 5.74) is 0.148. The van der Waals surface area contributed by atoms with Gasteiger partial charge in [0, 0.05) is 32.7 Å². The number of hydrogen-bond donors (Lipinski definition) is 2. The van der Waals surface area contributed by atoms with E-state index in [4.69, 9.17) is 4.74 Å². The van der Waals surface area contributed by atoms with Crippen LogP contribution in [0.1, 0.15) is 32.6 Å². The molecule has 2 aliphatic rings. The van der Waals surface area contributed by atoms with Gasteiger partial charge in [-0.1, -0.05) is 0 Å². The van der Waals surface area contributed by atoms with Crippen LogP contribution >= 0.6 is 11.8 Å². The highest BCUT2D eigenvalue weighted by molar-refractivity contribution is 7.99. The van der Waals surface area contributed by atoms with Gasteiger partial charge in [-0.15, -0.1) is 0 Å². The van der Waals surface area contributed by atoms with E-state index in [1.54, 1.807) is 6.92 Å². The molecule has 1 unspecified atom stereocenters. The number of thioether (sulfide) groups is 1. The monoisotopic (exact) mass is 272 g/mol. The maximum Gasteiger partial charge on any atom is 0.216 e. The molecule has 2 rings (SSSR count). The minimum Gasteiger partial charge on any atom is -0.375 e. The SMILES string of the molecule is CC(=O)NCCNC1CCOC2(CCSCC2)C1. The number of carbonyl (C=O) groups is 1. The third-order valence-electron chi connectivity index (χ3n) is 3.83. The molecular formula is C13H24N2O2S. The van der Waals surface area contributed by atoms with Crippen molar-refractivity contribution in [3.05, 3.63) is 0 Å². The van der Waals surface area contributed by atoms with Crippen LogP contribution in [0.15, 0.2) is 0 Å². The molecule has 0 bridgehead atoms. The van der Waals surface area contributed by atoms with Crippen LogP contribution in [-0.2, 0) is 9.53 Å². The predicted octanol–water partition coefficient (Wildman–Crippen LogP) is 1.16. The molecule has 0 aromatic rings. The summed E-state index contributed by atoms with van der Waals surface area (Å²) in [6.07, 6.45) is 4.62. The van der Waals surface area contributed by atoms with E-state index in [9.17, 15) is 4.79 Å². The summed E-state index contributed by atoms with van der Waals surface area (Å²) in [4.78, 5) is 10.8. The molecule has 5 heteroatoms. The number of ether oxygens (including phenoxy) is 1. The molecule has 18 heavy (non-hydrogen) atoms. The lowest BCUT2D eigenvalue weighted by Crippen LogP contribution is -2.49. The number of hydrogen-bond acceptors (Lipinski definition) is 4. The molecule has 0 aromatic heterocycles. The van der Waals surface area contributed by atoms with Gasteiger partial charge in [-0.05, 0) is 37.2 Å². The van der Waals surface area contributed by atoms with Crippen LogP contribution in [-0.4, -0.2) is 48.8 Å². The second-order valence-electron chi connectivity index (χ2n) is 5.27. The van der Waals surface area contributed by atoms with Gasteiger partial charge in [-0.2, -0.15) is 11.8 Å². The molecule has 2 aliphatic heterocycles. The minimum atomic E-state index is 0.0459. The second kappa shape index (κ2) is 6.78. The molecule has 0 radical (unpaired) electrons. The average Bonchev–Trinajstić information content (AvgIpc) is 2.36. The van der Waals surface area contributed by atoms with Gasteiger partial charge in [0.05, 0.1) is 5.60 Å². The highest BCUT2D eigenvalue weighted by atomic mass is 32.2. The van der Waals surface area contributed by atoms with Crippen LogP contribution in [0, 0.1) is 0 Å². The Bertz CT molecular complexity index is 275. The van der Waals surface area contributed by atoms with Gasteiger partial charge < -0.3 is 15.4 Å². The first-order chi connectivity index (χ1) is 8.70. The van der Waals surface area contributed by atoms with Crippen molar-refractivity contribution in [1.29, 1.82) is 0 Å². The molecule has 4 nitrogen and oxygen atoms in total. The van der Waals surface area contributed by atoms with Gasteiger partial charge in [0.2, 0.25) is 5.91 Å². The Balaban J connectivity index is 1.71. The van der Waals surface area contributed by atoms with E-state index >= 15 is 0 Å². The van der Waals surface area contributed by atoms with Gasteiger partial charge in [0.15, 0.2) is 0 Å². The third kappa shape index (κ3) is 4.14. The van der Waals surface area contributed by atoms with E-state index < -0.39 is 0 Å². The van der Waals surface area contributed by atoms with E-state index in [0.717, 1.165) is 32.5 Å². The van der Waals surface area contributed by atoms with Crippen molar-refractivity contribution in [3.8, 4) is 0 Å². The zero-order valence-electron chi connectivity index (χ0n) is 11.2. The topological polar surface area (TPSA) is 50.4 Å². The van der Waals surface area contributed by atoms with Crippen molar-refractivity contribution in [1.82, 2.24) is 10.6 Å². The largest absolute Gasteiger partial charge is 0.375 e. The molecule has 0 saturated carbocycles. The molecule has 2 N–H and O–H groups in total. The highest BCUT2D eigenvalue weighted by Gasteiger charge is 2.38. The minimum absolute atomic E-state index is 0.0459. The van der Waals surface area contributed by atoms with Gasteiger partial charge in [0.1, 0.15) is 0 Å². The quantitative estimate of drug-likeness (QED) is 0.754. The number of carbonyl (C=O) groups excluding carboxylic acids is 1. The number of rotatable bonds is 4. The van der Waals surface area contributed by atoms with Gasteiger partial charge in [-0.25, -0.2) is 0 Å². The summed E-state index contributed by atoms with van der Waals surface area (Å²) < 4.78 is 6.06. The molecule has 2 heterocycles. The van der Waals surface area contributed by atoms with Crippen molar-refractivity contribution < 1.29 is 9.53 Å². The summed E-state index contributed by atoms with van der Waals surface area (Å²) in [6, 6.07) is 0.551. The van der Waals surface area contributed by atoms with Crippen LogP contribution in [0.4, 0.5) is 0 Å². The predicted molar refractivity (Wildman–Crippen MR) is 75.0 cm³/mol. The molecule has 2 fully saturated rings. The molecule has 0 aromatic carbocycles. The molecule has 2 saturated heterocycles. The first-order valence-corrected chi connectivity index (χ1v) is 8.05. The van der Waals surface area contributed by atoms with E-state index in [1.165, 1.54) is 24.3 Å². The Labute approximate surface area is 114 Å². The second-order valence-corrected chi connectivity index (χ2v) is 6.50. The zero-order valence-corrected chi connectivity index (χ0v) is 12.0. The fourth-order valence-electron chi connectivity index (χ4n) is 2.81. The van der Waals surface area contributed by atoms with Crippen LogP contribution in [0.2, 0.25) is 0 Å². The Morgan fingerprint density at radius 3 is 2.89 bits per heavy atom. The summed E-state index contributed by atoms with van der Waals surface area (Å²) in [6.45, 7) is 4.01. The van der Waals surface area contributed by atoms with E-state index in [-0.39, 0.29) is 11.5 Å². The van der Waals surface area contributed by atoms with Crippen LogP contribution in [0.3, 0.4) is 0 Å². The summed E-state index contributed by atoms with van der Waals surface area (Å²) in [5.74, 6) is 2.52. The molecule has 1 atom stereocenters. The lowest BCUT2D eigenvalue weighted by Gasteiger charge is -2.43. The normalized spacial score (nSPS) is 27.1. The molecule has 1 spiro atoms. The Morgan fingerprint density at radius 2 is 2.17 bits per heavy atom. The standard InChI is InChI=1S/C13H24N2O2S/c1-11(16)14-5-6-15-12-2-7-17-13(10-12)3-8-18-9-4-13/h12,15H,2-10H2,1H3,(H,14,16). The highest BCUT2D eigenvalue weighted by Crippen LogP contribution is 2.37. The first kappa shape index (κ1) is 14.2. The van der Waals surface area contributed by atoms with Gasteiger partial charge in [0.25, 0.3) is 0 Å². The molecule has 104 valence electrons. The first-order valence-electron chi connectivity index (χ1n) is 6.90. The molecule has 1 amide bonds. The molecular weight excluding hydrogens is 248 g/mol. The lowest BCUT2D eigenvalue weighted by molar-refractivity contribution is -0.119. The van der Waals surface area contributed by atoms with Gasteiger partial charge in [-0.3, -0.25) is 4.79 Å². The van der Waals surface area contributed by atoms with E-state index in [0.29, 0.717) is 6.04 Å². The number of amides is 1. The van der Waals surface area contributed by atoms with Crippen molar-refractivity contribution in [2.75, 3.05) is 31.2 Å². The van der Waals surface area contributed by atoms with Crippen molar-refractivity contribution in [2.24, 2.45) is 0 Å². The van der Waals surface area contributed by atoms with Crippen molar-refractivity contribution in [3.63, 3.8) is 0 Å². The summed E-state index contributed by atoms with van der Waals surface area (Å²) in [7, 11) is 0. The summed E-state index contributed by atoms with van der Waals surface area (Å²) >= 11 is 2.04. The van der Waals surface area contributed by atoms with Crippen molar-refractivity contribution in [2.45, 2.75) is 44.2 Å². The fraction of sp³-hybridized carbons (Fsp3) is 0.923. The maximum atomic E-state index is 10.8. The van der Waals surface area contributed by atoms with Crippen LogP contribution in [0.25, 0.3) is 0 Å². The maximum absolute atomic E-state index is 10.8. The average molecular weight is 272 g/mol. The van der Waals surface area contributed by atoms with Gasteiger partial charge >= 0.3 is 0 Å². The summed E-state index contributed by atoms with van der Waals surface area (Å²) in [5, 5.41) is 6.37.